The third-order valence-electron chi connectivity index (χ3n) is 6.89. The van der Waals surface area contributed by atoms with Crippen molar-refractivity contribution in [1.29, 1.82) is 0 Å². The summed E-state index contributed by atoms with van der Waals surface area (Å²) in [5.74, 6) is 3.75. The fourth-order valence-corrected chi connectivity index (χ4v) is 6.62. The minimum Gasteiger partial charge on any atom is -0.472 e. The van der Waals surface area contributed by atoms with Crippen LogP contribution in [0.15, 0.2) is 39.9 Å². The van der Waals surface area contributed by atoms with E-state index >= 15 is 0 Å². The number of hydrogen-bond donors (Lipinski definition) is 0. The van der Waals surface area contributed by atoms with E-state index in [-0.39, 0.29) is 5.56 Å². The van der Waals surface area contributed by atoms with Crippen molar-refractivity contribution in [2.24, 2.45) is 5.92 Å². The first kappa shape index (κ1) is 19.5. The number of hydrogen-bond acceptors (Lipinski definition) is 5. The van der Waals surface area contributed by atoms with E-state index in [1.807, 2.05) is 6.07 Å². The monoisotopic (exact) mass is 413 g/mol. The first-order valence-electron chi connectivity index (χ1n) is 10.9. The smallest absolute Gasteiger partial charge is 0.255 e. The van der Waals surface area contributed by atoms with Crippen molar-refractivity contribution in [3.05, 3.63) is 57.9 Å². The lowest BCUT2D eigenvalue weighted by Crippen LogP contribution is -2.51. The Bertz CT molecular complexity index is 888. The summed E-state index contributed by atoms with van der Waals surface area (Å²) >= 11 is 2.10. The normalized spacial score (nSPS) is 25.3. The number of thioether (sulfide) groups is 1. The van der Waals surface area contributed by atoms with Gasteiger partial charge >= 0.3 is 0 Å². The van der Waals surface area contributed by atoms with E-state index in [4.69, 9.17) is 4.42 Å². The molecule has 3 aliphatic heterocycles. The lowest BCUT2D eigenvalue weighted by molar-refractivity contribution is 0.0773. The van der Waals surface area contributed by atoms with Gasteiger partial charge < -0.3 is 8.98 Å². The van der Waals surface area contributed by atoms with Gasteiger partial charge in [-0.25, -0.2) is 0 Å². The highest BCUT2D eigenvalue weighted by atomic mass is 32.2. The average Bonchev–Trinajstić information content (AvgIpc) is 3.24. The summed E-state index contributed by atoms with van der Waals surface area (Å²) < 4.78 is 7.27. The largest absolute Gasteiger partial charge is 0.472 e. The number of pyridine rings is 1. The molecule has 156 valence electrons. The molecule has 0 radical (unpaired) electrons. The van der Waals surface area contributed by atoms with Crippen molar-refractivity contribution in [2.75, 3.05) is 31.6 Å². The molecule has 5 heterocycles. The summed E-state index contributed by atoms with van der Waals surface area (Å²) in [5.41, 5.74) is 3.53. The molecule has 2 bridgehead atoms. The number of fused-ring (bicyclic) bond motifs is 4. The highest BCUT2D eigenvalue weighted by Gasteiger charge is 2.37. The van der Waals surface area contributed by atoms with E-state index in [0.29, 0.717) is 18.4 Å². The summed E-state index contributed by atoms with van der Waals surface area (Å²) in [4.78, 5) is 18.2. The van der Waals surface area contributed by atoms with Crippen molar-refractivity contribution in [1.82, 2.24) is 14.4 Å². The first-order valence-corrected chi connectivity index (χ1v) is 12.1. The topological polar surface area (TPSA) is 41.6 Å². The van der Waals surface area contributed by atoms with Crippen molar-refractivity contribution < 1.29 is 4.42 Å². The third-order valence-corrected chi connectivity index (χ3v) is 7.94. The average molecular weight is 414 g/mol. The summed E-state index contributed by atoms with van der Waals surface area (Å²) in [5, 5.41) is 0. The van der Waals surface area contributed by atoms with E-state index in [1.54, 1.807) is 12.5 Å². The van der Waals surface area contributed by atoms with Crippen LogP contribution in [0.3, 0.4) is 0 Å². The Labute approximate surface area is 177 Å². The minimum absolute atomic E-state index is 0.221. The van der Waals surface area contributed by atoms with Crippen LogP contribution in [0.1, 0.15) is 42.0 Å². The molecule has 0 N–H and O–H groups in total. The Morgan fingerprint density at radius 2 is 2.00 bits per heavy atom. The van der Waals surface area contributed by atoms with E-state index < -0.39 is 0 Å². The second-order valence-corrected chi connectivity index (χ2v) is 10.3. The van der Waals surface area contributed by atoms with Crippen LogP contribution in [0.4, 0.5) is 0 Å². The van der Waals surface area contributed by atoms with E-state index in [1.165, 1.54) is 43.0 Å². The quantitative estimate of drug-likeness (QED) is 0.752. The molecule has 29 heavy (non-hydrogen) atoms. The Hall–Kier alpha value is -1.50. The van der Waals surface area contributed by atoms with Gasteiger partial charge in [0.2, 0.25) is 0 Å². The number of nitrogens with zero attached hydrogens (tertiary/aromatic N) is 3. The molecule has 0 spiro atoms. The molecule has 2 aromatic rings. The van der Waals surface area contributed by atoms with Gasteiger partial charge in [-0.2, -0.15) is 11.8 Å². The highest BCUT2D eigenvalue weighted by Crippen LogP contribution is 2.37. The zero-order valence-corrected chi connectivity index (χ0v) is 18.1. The number of rotatable bonds is 5. The van der Waals surface area contributed by atoms with Crippen LogP contribution in [-0.2, 0) is 19.6 Å². The molecule has 5 nitrogen and oxygen atoms in total. The summed E-state index contributed by atoms with van der Waals surface area (Å²) in [7, 11) is 2.06. The van der Waals surface area contributed by atoms with Gasteiger partial charge in [-0.15, -0.1) is 0 Å². The standard InChI is InChI=1S/C23H31N3O2S/c1-24(11-17-4-7-28-16-17)14-19-2-3-22-20-10-18(13-26(22)23(19)27)12-25(15-20)21-5-8-29-9-6-21/h2-4,7,16,18,20-21H,5-6,8-15H2,1H3/t18-,20+/m0/s1. The molecule has 5 rings (SSSR count). The zero-order chi connectivity index (χ0) is 19.8. The molecule has 2 saturated heterocycles. The minimum atomic E-state index is 0.221. The summed E-state index contributed by atoms with van der Waals surface area (Å²) in [6.07, 6.45) is 7.38. The first-order chi connectivity index (χ1) is 14.2. The molecule has 6 heteroatoms. The van der Waals surface area contributed by atoms with Crippen LogP contribution >= 0.6 is 11.8 Å². The maximum atomic E-state index is 13.3. The Morgan fingerprint density at radius 1 is 1.14 bits per heavy atom. The predicted octanol–water partition coefficient (Wildman–Crippen LogP) is 3.39. The zero-order valence-electron chi connectivity index (χ0n) is 17.3. The van der Waals surface area contributed by atoms with Gasteiger partial charge in [0.05, 0.1) is 12.5 Å². The summed E-state index contributed by atoms with van der Waals surface area (Å²) in [6.45, 7) is 4.65. The van der Waals surface area contributed by atoms with Crippen LogP contribution in [0.2, 0.25) is 0 Å². The molecular formula is C23H31N3O2S. The maximum Gasteiger partial charge on any atom is 0.255 e. The van der Waals surface area contributed by atoms with Gasteiger partial charge in [0, 0.05) is 61.5 Å². The molecule has 3 aliphatic rings. The van der Waals surface area contributed by atoms with Crippen LogP contribution in [0.25, 0.3) is 0 Å². The van der Waals surface area contributed by atoms with E-state index in [2.05, 4.69) is 45.3 Å². The lowest BCUT2D eigenvalue weighted by atomic mass is 9.82. The van der Waals surface area contributed by atoms with Gasteiger partial charge in [-0.3, -0.25) is 14.6 Å². The Kier molecular flexibility index (Phi) is 5.59. The molecule has 2 fully saturated rings. The third kappa shape index (κ3) is 4.07. The molecule has 2 aromatic heterocycles. The Balaban J connectivity index is 1.32. The molecule has 0 saturated carbocycles. The number of piperidine rings is 1. The molecular weight excluding hydrogens is 382 g/mol. The van der Waals surface area contributed by atoms with Crippen molar-refractivity contribution >= 4 is 11.8 Å². The fourth-order valence-electron chi connectivity index (χ4n) is 5.54. The van der Waals surface area contributed by atoms with Crippen molar-refractivity contribution in [3.8, 4) is 0 Å². The maximum absolute atomic E-state index is 13.3. The fraction of sp³-hybridized carbons (Fsp3) is 0.609. The SMILES string of the molecule is CN(Cc1ccoc1)Cc1ccc2n(c1=O)C[C@H]1C[C@@H]2CN(C2CCSCC2)C1. The van der Waals surface area contributed by atoms with E-state index in [9.17, 15) is 4.79 Å². The van der Waals surface area contributed by atoms with E-state index in [0.717, 1.165) is 36.8 Å². The van der Waals surface area contributed by atoms with Gasteiger partial charge in [-0.1, -0.05) is 6.07 Å². The number of furan rings is 1. The second-order valence-electron chi connectivity index (χ2n) is 9.10. The molecule has 2 atom stereocenters. The molecule has 0 unspecified atom stereocenters. The number of aromatic nitrogens is 1. The molecule has 0 aromatic carbocycles. The summed E-state index contributed by atoms with van der Waals surface area (Å²) in [6, 6.07) is 7.06. The number of likely N-dealkylation sites (tertiary alicyclic amines) is 1. The highest BCUT2D eigenvalue weighted by molar-refractivity contribution is 7.99. The predicted molar refractivity (Wildman–Crippen MR) is 117 cm³/mol. The Morgan fingerprint density at radius 3 is 2.79 bits per heavy atom. The van der Waals surface area contributed by atoms with Crippen molar-refractivity contribution in [3.63, 3.8) is 0 Å². The van der Waals surface area contributed by atoms with Gasteiger partial charge in [-0.05, 0) is 55.9 Å². The van der Waals surface area contributed by atoms with Crippen LogP contribution in [0, 0.1) is 5.92 Å². The van der Waals surface area contributed by atoms with Crippen LogP contribution < -0.4 is 5.56 Å². The lowest BCUT2D eigenvalue weighted by Gasteiger charge is -2.46. The van der Waals surface area contributed by atoms with Crippen molar-refractivity contribution in [2.45, 2.75) is 50.9 Å². The van der Waals surface area contributed by atoms with Gasteiger partial charge in [0.15, 0.2) is 0 Å². The molecule has 0 aliphatic carbocycles. The van der Waals surface area contributed by atoms with Gasteiger partial charge in [0.1, 0.15) is 0 Å². The molecule has 0 amide bonds. The van der Waals surface area contributed by atoms with Crippen LogP contribution in [0.5, 0.6) is 0 Å². The van der Waals surface area contributed by atoms with Gasteiger partial charge in [0.25, 0.3) is 5.56 Å². The second kappa shape index (κ2) is 8.32. The van der Waals surface area contributed by atoms with Crippen LogP contribution in [-0.4, -0.2) is 52.1 Å².